The van der Waals surface area contributed by atoms with Gasteiger partial charge in [-0.05, 0) is 54.8 Å². The van der Waals surface area contributed by atoms with Crippen LogP contribution in [0.4, 0.5) is 5.69 Å². The second kappa shape index (κ2) is 8.26. The van der Waals surface area contributed by atoms with Crippen LogP contribution in [0, 0.1) is 11.3 Å². The van der Waals surface area contributed by atoms with E-state index in [0.717, 1.165) is 31.2 Å². The molecule has 1 atom stereocenters. The summed E-state index contributed by atoms with van der Waals surface area (Å²) in [5.41, 5.74) is 2.00. The van der Waals surface area contributed by atoms with Gasteiger partial charge in [-0.3, -0.25) is 14.6 Å². The van der Waals surface area contributed by atoms with Crippen molar-refractivity contribution in [3.63, 3.8) is 0 Å². The Morgan fingerprint density at radius 1 is 1.08 bits per heavy atom. The second-order valence-corrected chi connectivity index (χ2v) is 6.29. The molecule has 1 fully saturated rings. The van der Waals surface area contributed by atoms with Crippen LogP contribution in [0.5, 0.6) is 0 Å². The lowest BCUT2D eigenvalue weighted by Crippen LogP contribution is -2.42. The maximum Gasteiger partial charge on any atom is 0.313 e. The van der Waals surface area contributed by atoms with E-state index < -0.39 is 11.8 Å². The van der Waals surface area contributed by atoms with Gasteiger partial charge < -0.3 is 10.2 Å². The van der Waals surface area contributed by atoms with Crippen molar-refractivity contribution in [2.75, 3.05) is 11.9 Å². The summed E-state index contributed by atoms with van der Waals surface area (Å²) in [5, 5.41) is 11.5. The van der Waals surface area contributed by atoms with Crippen molar-refractivity contribution >= 4 is 17.5 Å². The summed E-state index contributed by atoms with van der Waals surface area (Å²) in [4.78, 5) is 31.0. The van der Waals surface area contributed by atoms with E-state index in [2.05, 4.69) is 10.3 Å². The van der Waals surface area contributed by atoms with Crippen LogP contribution >= 0.6 is 0 Å². The molecule has 0 spiro atoms. The summed E-state index contributed by atoms with van der Waals surface area (Å²) in [6.07, 6.45) is 7.20. The Bertz CT molecular complexity index is 812. The molecule has 2 amide bonds. The lowest BCUT2D eigenvalue weighted by Gasteiger charge is -2.29. The molecule has 0 bridgehead atoms. The summed E-state index contributed by atoms with van der Waals surface area (Å²) in [6, 6.07) is 12.1. The van der Waals surface area contributed by atoms with Gasteiger partial charge in [0.25, 0.3) is 0 Å². The molecule has 1 N–H and O–H groups in total. The summed E-state index contributed by atoms with van der Waals surface area (Å²) < 4.78 is 0. The zero-order chi connectivity index (χ0) is 18.4. The van der Waals surface area contributed by atoms with Crippen molar-refractivity contribution in [3.05, 3.63) is 59.9 Å². The Hall–Kier alpha value is -3.20. The first-order valence-electron chi connectivity index (χ1n) is 8.71. The predicted molar refractivity (Wildman–Crippen MR) is 96.9 cm³/mol. The maximum absolute atomic E-state index is 12.8. The second-order valence-electron chi connectivity index (χ2n) is 6.29. The summed E-state index contributed by atoms with van der Waals surface area (Å²) in [7, 11) is 0. The quantitative estimate of drug-likeness (QED) is 0.845. The van der Waals surface area contributed by atoms with Gasteiger partial charge in [0.05, 0.1) is 17.7 Å². The monoisotopic (exact) mass is 348 g/mol. The molecule has 0 radical (unpaired) electrons. The number of nitrogens with zero attached hydrogens (tertiary/aromatic N) is 3. The molecule has 2 aromatic rings. The number of hydrogen-bond donors (Lipinski definition) is 1. The SMILES string of the molecule is N#Cc1ccc(NC(=O)C(=O)N2CCCCC[C@@H]2c2ccncc2)cc1. The number of nitrogens with one attached hydrogen (secondary N) is 1. The average Bonchev–Trinajstić information content (AvgIpc) is 2.94. The minimum atomic E-state index is -0.657. The van der Waals surface area contributed by atoms with E-state index in [4.69, 9.17) is 5.26 Å². The molecule has 6 heteroatoms. The van der Waals surface area contributed by atoms with Crippen LogP contribution in [0.1, 0.15) is 42.9 Å². The van der Waals surface area contributed by atoms with E-state index in [-0.39, 0.29) is 6.04 Å². The number of nitriles is 1. The fourth-order valence-corrected chi connectivity index (χ4v) is 3.23. The zero-order valence-electron chi connectivity index (χ0n) is 14.4. The Balaban J connectivity index is 1.76. The zero-order valence-corrected chi connectivity index (χ0v) is 14.4. The van der Waals surface area contributed by atoms with Crippen molar-refractivity contribution in [2.45, 2.75) is 31.7 Å². The highest BCUT2D eigenvalue weighted by Crippen LogP contribution is 2.30. The number of anilines is 1. The lowest BCUT2D eigenvalue weighted by molar-refractivity contribution is -0.144. The van der Waals surface area contributed by atoms with Crippen LogP contribution < -0.4 is 5.32 Å². The van der Waals surface area contributed by atoms with Crippen molar-refractivity contribution in [2.24, 2.45) is 0 Å². The van der Waals surface area contributed by atoms with Gasteiger partial charge in [0.1, 0.15) is 0 Å². The van der Waals surface area contributed by atoms with Gasteiger partial charge >= 0.3 is 11.8 Å². The van der Waals surface area contributed by atoms with E-state index in [1.54, 1.807) is 41.6 Å². The molecular weight excluding hydrogens is 328 g/mol. The predicted octanol–water partition coefficient (Wildman–Crippen LogP) is 3.04. The molecule has 2 heterocycles. The minimum absolute atomic E-state index is 0.111. The highest BCUT2D eigenvalue weighted by Gasteiger charge is 2.30. The first-order valence-corrected chi connectivity index (χ1v) is 8.71. The fraction of sp³-hybridized carbons (Fsp3) is 0.300. The standard InChI is InChI=1S/C20H20N4O2/c21-14-15-5-7-17(8-6-15)23-19(25)20(26)24-13-3-1-2-4-18(24)16-9-11-22-12-10-16/h5-12,18H,1-4,13H2,(H,23,25)/t18-/m1/s1. The molecule has 132 valence electrons. The molecule has 1 saturated heterocycles. The summed E-state index contributed by atoms with van der Waals surface area (Å²) >= 11 is 0. The third kappa shape index (κ3) is 4.06. The topological polar surface area (TPSA) is 86.1 Å². The van der Waals surface area contributed by atoms with Gasteiger partial charge in [-0.25, -0.2) is 0 Å². The van der Waals surface area contributed by atoms with Crippen LogP contribution in [0.15, 0.2) is 48.8 Å². The highest BCUT2D eigenvalue weighted by atomic mass is 16.2. The number of amides is 2. The van der Waals surface area contributed by atoms with Gasteiger partial charge in [-0.2, -0.15) is 5.26 Å². The summed E-state index contributed by atoms with van der Waals surface area (Å²) in [6.45, 7) is 0.562. The first-order chi connectivity index (χ1) is 12.7. The third-order valence-corrected chi connectivity index (χ3v) is 4.57. The van der Waals surface area contributed by atoms with Crippen molar-refractivity contribution < 1.29 is 9.59 Å². The van der Waals surface area contributed by atoms with E-state index in [0.29, 0.717) is 17.8 Å². The Morgan fingerprint density at radius 3 is 2.50 bits per heavy atom. The van der Waals surface area contributed by atoms with Crippen LogP contribution in [0.2, 0.25) is 0 Å². The molecule has 0 saturated carbocycles. The molecule has 3 rings (SSSR count). The first kappa shape index (κ1) is 17.6. The number of pyridine rings is 1. The normalized spacial score (nSPS) is 17.0. The van der Waals surface area contributed by atoms with Gasteiger partial charge in [-0.1, -0.05) is 12.8 Å². The van der Waals surface area contributed by atoms with Gasteiger partial charge in [0, 0.05) is 24.6 Å². The number of rotatable bonds is 2. The smallest absolute Gasteiger partial charge is 0.313 e. The number of carbonyl (C=O) groups is 2. The van der Waals surface area contributed by atoms with Crippen molar-refractivity contribution in [1.82, 2.24) is 9.88 Å². The number of carbonyl (C=O) groups excluding carboxylic acids is 2. The third-order valence-electron chi connectivity index (χ3n) is 4.57. The molecule has 6 nitrogen and oxygen atoms in total. The molecule has 0 aliphatic carbocycles. The number of likely N-dealkylation sites (tertiary alicyclic amines) is 1. The molecule has 1 aliphatic heterocycles. The number of hydrogen-bond acceptors (Lipinski definition) is 4. The van der Waals surface area contributed by atoms with Crippen LogP contribution in [0.3, 0.4) is 0 Å². The van der Waals surface area contributed by atoms with Crippen LogP contribution in [-0.4, -0.2) is 28.2 Å². The van der Waals surface area contributed by atoms with Crippen molar-refractivity contribution in [3.8, 4) is 6.07 Å². The van der Waals surface area contributed by atoms with E-state index in [1.165, 1.54) is 0 Å². The van der Waals surface area contributed by atoms with E-state index in [9.17, 15) is 9.59 Å². The highest BCUT2D eigenvalue weighted by molar-refractivity contribution is 6.39. The van der Waals surface area contributed by atoms with E-state index in [1.807, 2.05) is 18.2 Å². The van der Waals surface area contributed by atoms with Gasteiger partial charge in [0.15, 0.2) is 0 Å². The average molecular weight is 348 g/mol. The number of aromatic nitrogens is 1. The van der Waals surface area contributed by atoms with Gasteiger partial charge in [-0.15, -0.1) is 0 Å². The Kier molecular flexibility index (Phi) is 5.59. The molecular formula is C20H20N4O2. The van der Waals surface area contributed by atoms with Crippen LogP contribution in [-0.2, 0) is 9.59 Å². The largest absolute Gasteiger partial charge is 0.327 e. The fourth-order valence-electron chi connectivity index (χ4n) is 3.23. The Morgan fingerprint density at radius 2 is 1.81 bits per heavy atom. The van der Waals surface area contributed by atoms with E-state index >= 15 is 0 Å². The summed E-state index contributed by atoms with van der Waals surface area (Å²) in [5.74, 6) is -1.19. The maximum atomic E-state index is 12.8. The molecule has 1 aliphatic rings. The Labute approximate surface area is 152 Å². The van der Waals surface area contributed by atoms with Crippen molar-refractivity contribution in [1.29, 1.82) is 5.26 Å². The van der Waals surface area contributed by atoms with Gasteiger partial charge in [0.2, 0.25) is 0 Å². The molecule has 0 unspecified atom stereocenters. The minimum Gasteiger partial charge on any atom is -0.327 e. The number of benzene rings is 1. The lowest BCUT2D eigenvalue weighted by atomic mass is 10.0. The van der Waals surface area contributed by atoms with Crippen LogP contribution in [0.25, 0.3) is 0 Å². The molecule has 26 heavy (non-hydrogen) atoms. The molecule has 1 aromatic heterocycles. The molecule has 1 aromatic carbocycles.